The van der Waals surface area contributed by atoms with E-state index in [2.05, 4.69) is 85.1 Å². The summed E-state index contributed by atoms with van der Waals surface area (Å²) in [5.74, 6) is 0. The molecule has 0 unspecified atom stereocenters. The molecule has 0 N–H and O–H groups in total. The van der Waals surface area contributed by atoms with Crippen LogP contribution in [0.4, 0.5) is 0 Å². The molecule has 1 heterocycles. The second-order valence-corrected chi connectivity index (χ2v) is 6.02. The lowest BCUT2D eigenvalue weighted by molar-refractivity contribution is 0.836. The Morgan fingerprint density at radius 1 is 0.944 bits per heavy atom. The van der Waals surface area contributed by atoms with Gasteiger partial charge in [0.2, 0.25) is 0 Å². The van der Waals surface area contributed by atoms with Gasteiger partial charge < -0.3 is 4.57 Å². The minimum atomic E-state index is 0.888. The Balaban J connectivity index is 2.03. The second kappa shape index (κ2) is 4.90. The predicted molar refractivity (Wildman–Crippen MR) is 82.9 cm³/mol. The molecule has 0 atom stereocenters. The smallest absolute Gasteiger partial charge is 0.0494 e. The Morgan fingerprint density at radius 3 is 2.61 bits per heavy atom. The zero-order valence-corrected chi connectivity index (χ0v) is 12.8. The number of fused-ring (bicyclic) bond motifs is 1. The number of hydrogen-bond acceptors (Lipinski definition) is 0. The quantitative estimate of drug-likeness (QED) is 0.587. The third kappa shape index (κ3) is 2.25. The molecule has 18 heavy (non-hydrogen) atoms. The highest BCUT2D eigenvalue weighted by atomic mass is 79.9. The van der Waals surface area contributed by atoms with Crippen molar-refractivity contribution in [1.82, 2.24) is 4.57 Å². The Bertz CT molecular complexity index is 701. The molecule has 0 aliphatic carbocycles. The summed E-state index contributed by atoms with van der Waals surface area (Å²) in [7, 11) is 0. The zero-order valence-electron chi connectivity index (χ0n) is 9.61. The minimum absolute atomic E-state index is 0.888. The SMILES string of the molecule is Brc1cccc(Cn2ccc3c(Br)cccc32)c1. The number of rotatable bonds is 2. The molecule has 2 aromatic carbocycles. The first-order chi connectivity index (χ1) is 8.74. The van der Waals surface area contributed by atoms with Crippen molar-refractivity contribution in [2.45, 2.75) is 6.54 Å². The fourth-order valence-corrected chi connectivity index (χ4v) is 3.09. The van der Waals surface area contributed by atoms with Crippen LogP contribution in [-0.4, -0.2) is 4.57 Å². The largest absolute Gasteiger partial charge is 0.343 e. The van der Waals surface area contributed by atoms with Crippen LogP contribution in [0.25, 0.3) is 10.9 Å². The van der Waals surface area contributed by atoms with E-state index in [1.54, 1.807) is 0 Å². The van der Waals surface area contributed by atoms with Gasteiger partial charge in [-0.25, -0.2) is 0 Å². The molecule has 0 fully saturated rings. The van der Waals surface area contributed by atoms with Crippen molar-refractivity contribution in [3.05, 3.63) is 69.2 Å². The van der Waals surface area contributed by atoms with E-state index in [0.717, 1.165) is 15.5 Å². The van der Waals surface area contributed by atoms with E-state index in [0.29, 0.717) is 0 Å². The first-order valence-electron chi connectivity index (χ1n) is 5.72. The highest BCUT2D eigenvalue weighted by molar-refractivity contribution is 9.11. The van der Waals surface area contributed by atoms with Gasteiger partial charge in [-0.2, -0.15) is 0 Å². The maximum Gasteiger partial charge on any atom is 0.0494 e. The molecule has 0 amide bonds. The van der Waals surface area contributed by atoms with Crippen molar-refractivity contribution in [2.24, 2.45) is 0 Å². The molecule has 0 saturated heterocycles. The third-order valence-electron chi connectivity index (χ3n) is 3.00. The molecular formula is C15H11Br2N. The number of nitrogens with zero attached hydrogens (tertiary/aromatic N) is 1. The standard InChI is InChI=1S/C15H11Br2N/c16-12-4-1-3-11(9-12)10-18-8-7-13-14(17)5-2-6-15(13)18/h1-9H,10H2. The van der Waals surface area contributed by atoms with Crippen LogP contribution in [0.15, 0.2) is 63.7 Å². The van der Waals surface area contributed by atoms with Crippen LogP contribution >= 0.6 is 31.9 Å². The predicted octanol–water partition coefficient (Wildman–Crippen LogP) is 5.21. The molecule has 3 heteroatoms. The van der Waals surface area contributed by atoms with Crippen LogP contribution in [0.2, 0.25) is 0 Å². The summed E-state index contributed by atoms with van der Waals surface area (Å²) in [5, 5.41) is 1.26. The van der Waals surface area contributed by atoms with E-state index in [1.807, 2.05) is 6.07 Å². The Hall–Kier alpha value is -1.06. The molecule has 0 radical (unpaired) electrons. The van der Waals surface area contributed by atoms with Crippen LogP contribution in [0.1, 0.15) is 5.56 Å². The molecule has 0 saturated carbocycles. The maximum absolute atomic E-state index is 3.59. The number of aromatic nitrogens is 1. The number of hydrogen-bond donors (Lipinski definition) is 0. The van der Waals surface area contributed by atoms with Gasteiger partial charge in [-0.05, 0) is 35.9 Å². The summed E-state index contributed by atoms with van der Waals surface area (Å²) in [6, 6.07) is 16.9. The summed E-state index contributed by atoms with van der Waals surface area (Å²) in [6.45, 7) is 0.888. The van der Waals surface area contributed by atoms with E-state index in [4.69, 9.17) is 0 Å². The molecule has 3 aromatic rings. The lowest BCUT2D eigenvalue weighted by Crippen LogP contribution is -1.97. The van der Waals surface area contributed by atoms with Crippen molar-refractivity contribution in [2.75, 3.05) is 0 Å². The lowest BCUT2D eigenvalue weighted by atomic mass is 10.2. The highest BCUT2D eigenvalue weighted by Gasteiger charge is 2.04. The van der Waals surface area contributed by atoms with Crippen molar-refractivity contribution in [3.8, 4) is 0 Å². The summed E-state index contributed by atoms with van der Waals surface area (Å²) >= 11 is 7.10. The molecule has 0 spiro atoms. The topological polar surface area (TPSA) is 4.93 Å². The fraction of sp³-hybridized carbons (Fsp3) is 0.0667. The Kier molecular flexibility index (Phi) is 3.27. The Morgan fingerprint density at radius 2 is 1.78 bits per heavy atom. The second-order valence-electron chi connectivity index (χ2n) is 4.25. The van der Waals surface area contributed by atoms with Crippen LogP contribution in [0, 0.1) is 0 Å². The van der Waals surface area contributed by atoms with Gasteiger partial charge in [0.05, 0.1) is 0 Å². The van der Waals surface area contributed by atoms with Crippen molar-refractivity contribution in [3.63, 3.8) is 0 Å². The Labute approximate surface area is 123 Å². The van der Waals surface area contributed by atoms with Gasteiger partial charge in [0, 0.05) is 32.6 Å². The van der Waals surface area contributed by atoms with Gasteiger partial charge in [0.15, 0.2) is 0 Å². The third-order valence-corrected chi connectivity index (χ3v) is 4.19. The molecule has 0 aliphatic rings. The van der Waals surface area contributed by atoms with E-state index in [9.17, 15) is 0 Å². The van der Waals surface area contributed by atoms with Crippen LogP contribution < -0.4 is 0 Å². The van der Waals surface area contributed by atoms with Gasteiger partial charge in [0.25, 0.3) is 0 Å². The van der Waals surface area contributed by atoms with Gasteiger partial charge in [-0.15, -0.1) is 0 Å². The maximum atomic E-state index is 3.59. The molecule has 0 aliphatic heterocycles. The average Bonchev–Trinajstić information content (AvgIpc) is 2.74. The van der Waals surface area contributed by atoms with Gasteiger partial charge in [0.1, 0.15) is 0 Å². The summed E-state index contributed by atoms with van der Waals surface area (Å²) < 4.78 is 4.53. The van der Waals surface area contributed by atoms with Gasteiger partial charge in [-0.1, -0.05) is 50.1 Å². The molecule has 1 nitrogen and oxygen atoms in total. The summed E-state index contributed by atoms with van der Waals surface area (Å²) in [4.78, 5) is 0. The van der Waals surface area contributed by atoms with Gasteiger partial charge in [-0.3, -0.25) is 0 Å². The van der Waals surface area contributed by atoms with E-state index >= 15 is 0 Å². The van der Waals surface area contributed by atoms with Crippen LogP contribution in [0.5, 0.6) is 0 Å². The molecule has 1 aromatic heterocycles. The number of halogens is 2. The zero-order chi connectivity index (χ0) is 12.5. The summed E-state index contributed by atoms with van der Waals surface area (Å²) in [6.07, 6.45) is 2.14. The van der Waals surface area contributed by atoms with E-state index in [-0.39, 0.29) is 0 Å². The fourth-order valence-electron chi connectivity index (χ4n) is 2.16. The average molecular weight is 365 g/mol. The van der Waals surface area contributed by atoms with Gasteiger partial charge >= 0.3 is 0 Å². The lowest BCUT2D eigenvalue weighted by Gasteiger charge is -2.06. The number of benzene rings is 2. The first-order valence-corrected chi connectivity index (χ1v) is 7.30. The minimum Gasteiger partial charge on any atom is -0.343 e. The first kappa shape index (κ1) is 12.0. The normalized spacial score (nSPS) is 11.0. The van der Waals surface area contributed by atoms with E-state index in [1.165, 1.54) is 16.5 Å². The van der Waals surface area contributed by atoms with Crippen molar-refractivity contribution < 1.29 is 0 Å². The van der Waals surface area contributed by atoms with Crippen molar-refractivity contribution in [1.29, 1.82) is 0 Å². The van der Waals surface area contributed by atoms with Crippen LogP contribution in [-0.2, 0) is 6.54 Å². The highest BCUT2D eigenvalue weighted by Crippen LogP contribution is 2.25. The molecule has 0 bridgehead atoms. The molecule has 3 rings (SSSR count). The molecular weight excluding hydrogens is 354 g/mol. The molecule has 90 valence electrons. The van der Waals surface area contributed by atoms with Crippen molar-refractivity contribution >= 4 is 42.8 Å². The summed E-state index contributed by atoms with van der Waals surface area (Å²) in [5.41, 5.74) is 2.55. The monoisotopic (exact) mass is 363 g/mol. The van der Waals surface area contributed by atoms with E-state index < -0.39 is 0 Å². The van der Waals surface area contributed by atoms with Crippen LogP contribution in [0.3, 0.4) is 0 Å².